The minimum atomic E-state index is -0.269. The molecule has 1 heterocycles. The van der Waals surface area contributed by atoms with Gasteiger partial charge in [0.05, 0.1) is 10.6 Å². The van der Waals surface area contributed by atoms with E-state index in [4.69, 9.17) is 11.6 Å². The van der Waals surface area contributed by atoms with E-state index in [1.807, 2.05) is 19.1 Å². The van der Waals surface area contributed by atoms with Gasteiger partial charge in [0, 0.05) is 22.1 Å². The maximum atomic E-state index is 12.0. The highest BCUT2D eigenvalue weighted by Crippen LogP contribution is 2.19. The van der Waals surface area contributed by atoms with Gasteiger partial charge in [0.25, 0.3) is 5.91 Å². The van der Waals surface area contributed by atoms with E-state index in [-0.39, 0.29) is 5.91 Å². The summed E-state index contributed by atoms with van der Waals surface area (Å²) < 4.78 is 0.954. The van der Waals surface area contributed by atoms with Gasteiger partial charge >= 0.3 is 0 Å². The first kappa shape index (κ1) is 13.1. The molecule has 0 saturated carbocycles. The normalized spacial score (nSPS) is 10.2. The van der Waals surface area contributed by atoms with Crippen LogP contribution >= 0.6 is 27.5 Å². The molecule has 1 aromatic heterocycles. The monoisotopic (exact) mass is 324 g/mol. The maximum Gasteiger partial charge on any atom is 0.258 e. The molecule has 92 valence electrons. The highest BCUT2D eigenvalue weighted by molar-refractivity contribution is 9.10. The fraction of sp³-hybridized carbons (Fsp3) is 0.0769. The Morgan fingerprint density at radius 3 is 2.61 bits per heavy atom. The molecule has 3 nitrogen and oxygen atoms in total. The van der Waals surface area contributed by atoms with Crippen molar-refractivity contribution in [2.24, 2.45) is 0 Å². The molecule has 0 spiro atoms. The summed E-state index contributed by atoms with van der Waals surface area (Å²) in [6.45, 7) is 1.82. The lowest BCUT2D eigenvalue weighted by Gasteiger charge is -2.07. The van der Waals surface area contributed by atoms with Gasteiger partial charge in [-0.05, 0) is 37.3 Å². The number of carbonyl (C=O) groups is 1. The molecular weight excluding hydrogens is 316 g/mol. The van der Waals surface area contributed by atoms with Gasteiger partial charge < -0.3 is 5.32 Å². The van der Waals surface area contributed by atoms with Crippen molar-refractivity contribution in [1.29, 1.82) is 0 Å². The molecule has 2 rings (SSSR count). The summed E-state index contributed by atoms with van der Waals surface area (Å²) in [5, 5.41) is 3.16. The Morgan fingerprint density at radius 1 is 1.33 bits per heavy atom. The van der Waals surface area contributed by atoms with Crippen molar-refractivity contribution in [1.82, 2.24) is 4.98 Å². The second-order valence-corrected chi connectivity index (χ2v) is 5.09. The van der Waals surface area contributed by atoms with Crippen molar-refractivity contribution in [3.63, 3.8) is 0 Å². The molecule has 0 radical (unpaired) electrons. The molecule has 0 aliphatic heterocycles. The second-order valence-electron chi connectivity index (χ2n) is 3.77. The average Bonchev–Trinajstić information content (AvgIpc) is 2.32. The lowest BCUT2D eigenvalue weighted by Crippen LogP contribution is -2.12. The number of nitrogens with zero attached hydrogens (tertiary/aromatic N) is 1. The number of nitrogens with one attached hydrogen (secondary N) is 1. The number of amides is 1. The molecule has 0 atom stereocenters. The number of benzene rings is 1. The minimum Gasteiger partial charge on any atom is -0.322 e. The van der Waals surface area contributed by atoms with Crippen LogP contribution in [0.3, 0.4) is 0 Å². The van der Waals surface area contributed by atoms with Gasteiger partial charge in [-0.25, -0.2) is 0 Å². The number of carbonyl (C=O) groups excluding carboxylic acids is 1. The number of hydrogen-bond acceptors (Lipinski definition) is 2. The Labute approximate surface area is 118 Å². The smallest absolute Gasteiger partial charge is 0.258 e. The molecule has 5 heteroatoms. The van der Waals surface area contributed by atoms with Crippen LogP contribution in [-0.2, 0) is 0 Å². The van der Waals surface area contributed by atoms with Gasteiger partial charge in [0.1, 0.15) is 0 Å². The number of rotatable bonds is 2. The summed E-state index contributed by atoms with van der Waals surface area (Å²) in [5.41, 5.74) is 1.85. The van der Waals surface area contributed by atoms with Gasteiger partial charge in [-0.1, -0.05) is 27.5 Å². The third kappa shape index (κ3) is 3.09. The predicted molar refractivity (Wildman–Crippen MR) is 76.1 cm³/mol. The fourth-order valence-corrected chi connectivity index (χ4v) is 1.98. The fourth-order valence-electron chi connectivity index (χ4n) is 1.43. The lowest BCUT2D eigenvalue weighted by molar-refractivity contribution is 0.102. The Kier molecular flexibility index (Phi) is 3.99. The van der Waals surface area contributed by atoms with E-state index < -0.39 is 0 Å². The van der Waals surface area contributed by atoms with Crippen LogP contribution in [0.2, 0.25) is 5.02 Å². The zero-order valence-electron chi connectivity index (χ0n) is 9.58. The first-order chi connectivity index (χ1) is 8.56. The maximum absolute atomic E-state index is 12.0. The lowest BCUT2D eigenvalue weighted by atomic mass is 10.2. The number of halogens is 2. The Hall–Kier alpha value is -1.39. The summed E-state index contributed by atoms with van der Waals surface area (Å²) in [6, 6.07) is 8.97. The third-order valence-electron chi connectivity index (χ3n) is 2.34. The number of hydrogen-bond donors (Lipinski definition) is 1. The van der Waals surface area contributed by atoms with E-state index in [2.05, 4.69) is 26.2 Å². The summed E-state index contributed by atoms with van der Waals surface area (Å²) in [5.74, 6) is -0.269. The molecule has 1 aromatic carbocycles. The van der Waals surface area contributed by atoms with E-state index in [0.717, 1.165) is 10.2 Å². The molecule has 1 N–H and O–H groups in total. The zero-order chi connectivity index (χ0) is 13.1. The Morgan fingerprint density at radius 2 is 2.00 bits per heavy atom. The number of aromatic nitrogens is 1. The SMILES string of the molecule is Cc1cc(Cl)c(C(=O)Nc2ccc(Br)cc2)cn1. The van der Waals surface area contributed by atoms with Gasteiger partial charge in [-0.15, -0.1) is 0 Å². The van der Waals surface area contributed by atoms with E-state index in [1.165, 1.54) is 6.20 Å². The molecule has 2 aromatic rings. The molecule has 0 aliphatic carbocycles. The highest BCUT2D eigenvalue weighted by Gasteiger charge is 2.11. The van der Waals surface area contributed by atoms with Crippen molar-refractivity contribution in [3.8, 4) is 0 Å². The van der Waals surface area contributed by atoms with Crippen molar-refractivity contribution in [2.45, 2.75) is 6.92 Å². The Balaban J connectivity index is 2.19. The van der Waals surface area contributed by atoms with Gasteiger partial charge in [0.2, 0.25) is 0 Å². The van der Waals surface area contributed by atoms with Crippen molar-refractivity contribution in [2.75, 3.05) is 5.32 Å². The number of aryl methyl sites for hydroxylation is 1. The quantitative estimate of drug-likeness (QED) is 0.905. The molecule has 0 bridgehead atoms. The zero-order valence-corrected chi connectivity index (χ0v) is 11.9. The molecule has 18 heavy (non-hydrogen) atoms. The average molecular weight is 326 g/mol. The first-order valence-corrected chi connectivity index (χ1v) is 6.42. The van der Waals surface area contributed by atoms with E-state index in [0.29, 0.717) is 16.3 Å². The van der Waals surface area contributed by atoms with Crippen LogP contribution < -0.4 is 5.32 Å². The van der Waals surface area contributed by atoms with Crippen LogP contribution in [0.15, 0.2) is 41.0 Å². The minimum absolute atomic E-state index is 0.269. The third-order valence-corrected chi connectivity index (χ3v) is 3.18. The van der Waals surface area contributed by atoms with Crippen LogP contribution in [-0.4, -0.2) is 10.9 Å². The largest absolute Gasteiger partial charge is 0.322 e. The molecule has 0 saturated heterocycles. The second kappa shape index (κ2) is 5.50. The van der Waals surface area contributed by atoms with Crippen LogP contribution in [0.1, 0.15) is 16.1 Å². The van der Waals surface area contributed by atoms with Crippen LogP contribution in [0.5, 0.6) is 0 Å². The molecular formula is C13H10BrClN2O. The van der Waals surface area contributed by atoms with E-state index in [1.54, 1.807) is 18.2 Å². The van der Waals surface area contributed by atoms with Crippen molar-refractivity contribution < 1.29 is 4.79 Å². The predicted octanol–water partition coefficient (Wildman–Crippen LogP) is 4.06. The standard InChI is InChI=1S/C13H10BrClN2O/c1-8-6-12(15)11(7-16-8)13(18)17-10-4-2-9(14)3-5-10/h2-7H,1H3,(H,17,18). The van der Waals surface area contributed by atoms with E-state index in [9.17, 15) is 4.79 Å². The van der Waals surface area contributed by atoms with Crippen LogP contribution in [0, 0.1) is 6.92 Å². The summed E-state index contributed by atoms with van der Waals surface area (Å²) in [7, 11) is 0. The molecule has 0 fully saturated rings. The number of pyridine rings is 1. The van der Waals surface area contributed by atoms with Gasteiger partial charge in [-0.3, -0.25) is 9.78 Å². The van der Waals surface area contributed by atoms with Crippen molar-refractivity contribution >= 4 is 39.1 Å². The van der Waals surface area contributed by atoms with Crippen LogP contribution in [0.25, 0.3) is 0 Å². The first-order valence-electron chi connectivity index (χ1n) is 5.25. The Bertz CT molecular complexity index is 584. The topological polar surface area (TPSA) is 42.0 Å². The molecule has 0 aliphatic rings. The van der Waals surface area contributed by atoms with Gasteiger partial charge in [-0.2, -0.15) is 0 Å². The summed E-state index contributed by atoms with van der Waals surface area (Å²) in [6.07, 6.45) is 1.48. The molecule has 0 unspecified atom stereocenters. The van der Waals surface area contributed by atoms with Gasteiger partial charge in [0.15, 0.2) is 0 Å². The summed E-state index contributed by atoms with van der Waals surface area (Å²) >= 11 is 9.34. The highest BCUT2D eigenvalue weighted by atomic mass is 79.9. The molecule has 1 amide bonds. The van der Waals surface area contributed by atoms with Crippen molar-refractivity contribution in [3.05, 3.63) is 57.3 Å². The van der Waals surface area contributed by atoms with Crippen LogP contribution in [0.4, 0.5) is 5.69 Å². The number of anilines is 1. The summed E-state index contributed by atoms with van der Waals surface area (Å²) in [4.78, 5) is 16.0. The van der Waals surface area contributed by atoms with E-state index >= 15 is 0 Å².